The number of hydrogen-bond donors (Lipinski definition) is 3. The third-order valence-corrected chi connectivity index (χ3v) is 2.45. The zero-order chi connectivity index (χ0) is 12.7. The molecule has 0 aromatic rings. The van der Waals surface area contributed by atoms with E-state index in [0.29, 0.717) is 13.0 Å². The van der Waals surface area contributed by atoms with Gasteiger partial charge in [-0.3, -0.25) is 0 Å². The Labute approximate surface area is 96.0 Å². The highest BCUT2D eigenvalue weighted by molar-refractivity contribution is 5.82. The minimum absolute atomic E-state index is 0.204. The molecule has 0 fully saturated rings. The van der Waals surface area contributed by atoms with Gasteiger partial charge in [-0.2, -0.15) is 0 Å². The number of carboxylic acid groups (broad SMARTS) is 1. The molecule has 0 aliphatic rings. The maximum absolute atomic E-state index is 11.3. The van der Waals surface area contributed by atoms with Gasteiger partial charge in [0.2, 0.25) is 0 Å². The van der Waals surface area contributed by atoms with Crippen molar-refractivity contribution in [3.8, 4) is 0 Å². The molecule has 16 heavy (non-hydrogen) atoms. The molecule has 0 radical (unpaired) electrons. The largest absolute Gasteiger partial charge is 0.480 e. The topological polar surface area (TPSA) is 81.7 Å². The summed E-state index contributed by atoms with van der Waals surface area (Å²) in [6.45, 7) is 4.16. The molecule has 3 N–H and O–H groups in total. The molecule has 2 amide bonds. The number of aliphatic carboxylic acids is 1. The zero-order valence-electron chi connectivity index (χ0n) is 10.3. The fourth-order valence-electron chi connectivity index (χ4n) is 0.971. The Kier molecular flexibility index (Phi) is 6.48. The lowest BCUT2D eigenvalue weighted by atomic mass is 10.2. The van der Waals surface area contributed by atoms with Crippen molar-refractivity contribution in [2.75, 3.05) is 20.6 Å². The van der Waals surface area contributed by atoms with Crippen LogP contribution in [-0.4, -0.2) is 54.7 Å². The van der Waals surface area contributed by atoms with E-state index in [9.17, 15) is 9.59 Å². The summed E-state index contributed by atoms with van der Waals surface area (Å²) in [6, 6.07) is -1.06. The van der Waals surface area contributed by atoms with Crippen molar-refractivity contribution >= 4 is 12.0 Å². The predicted molar refractivity (Wildman–Crippen MR) is 61.4 cm³/mol. The number of nitrogens with one attached hydrogen (secondary N) is 2. The summed E-state index contributed by atoms with van der Waals surface area (Å²) >= 11 is 0. The number of urea groups is 1. The molecule has 6 nitrogen and oxygen atoms in total. The van der Waals surface area contributed by atoms with Gasteiger partial charge < -0.3 is 20.6 Å². The molecule has 0 aromatic heterocycles. The zero-order valence-corrected chi connectivity index (χ0v) is 10.3. The van der Waals surface area contributed by atoms with E-state index in [1.807, 2.05) is 25.9 Å². The molecule has 2 unspecified atom stereocenters. The summed E-state index contributed by atoms with van der Waals surface area (Å²) in [6.07, 6.45) is 0.367. The van der Waals surface area contributed by atoms with E-state index in [2.05, 4.69) is 10.6 Å². The molecule has 0 aliphatic carbocycles. The molecule has 0 aromatic carbocycles. The maximum Gasteiger partial charge on any atom is 0.326 e. The van der Waals surface area contributed by atoms with Crippen molar-refractivity contribution in [2.45, 2.75) is 32.4 Å². The van der Waals surface area contributed by atoms with Crippen molar-refractivity contribution in [1.82, 2.24) is 15.5 Å². The standard InChI is InChI=1S/C10H21N3O3/c1-5-8(9(14)15)12-10(16)11-6-7(2)13(3)4/h7-8H,5-6H2,1-4H3,(H,14,15)(H2,11,12,16). The van der Waals surface area contributed by atoms with Crippen LogP contribution in [0.3, 0.4) is 0 Å². The third-order valence-electron chi connectivity index (χ3n) is 2.45. The second-order valence-corrected chi connectivity index (χ2v) is 3.97. The number of hydrogen-bond acceptors (Lipinski definition) is 3. The Morgan fingerprint density at radius 1 is 1.38 bits per heavy atom. The average molecular weight is 231 g/mol. The number of likely N-dealkylation sites (N-methyl/N-ethyl adjacent to an activating group) is 1. The molecular formula is C10H21N3O3. The molecule has 0 rings (SSSR count). The summed E-state index contributed by atoms with van der Waals surface area (Å²) in [7, 11) is 3.83. The van der Waals surface area contributed by atoms with Crippen LogP contribution in [0.5, 0.6) is 0 Å². The number of carbonyl (C=O) groups excluding carboxylic acids is 1. The third kappa shape index (κ3) is 5.55. The number of carboxylic acids is 1. The quantitative estimate of drug-likeness (QED) is 0.605. The summed E-state index contributed by atoms with van der Waals surface area (Å²) in [5.41, 5.74) is 0. The highest BCUT2D eigenvalue weighted by Crippen LogP contribution is 1.91. The molecule has 6 heteroatoms. The molecule has 2 atom stereocenters. The minimum atomic E-state index is -1.02. The smallest absolute Gasteiger partial charge is 0.326 e. The first-order valence-corrected chi connectivity index (χ1v) is 5.32. The first-order chi connectivity index (χ1) is 7.38. The Balaban J connectivity index is 3.94. The van der Waals surface area contributed by atoms with Gasteiger partial charge in [0.25, 0.3) is 0 Å². The van der Waals surface area contributed by atoms with Gasteiger partial charge in [-0.25, -0.2) is 9.59 Å². The molecule has 0 heterocycles. The van der Waals surface area contributed by atoms with Crippen molar-refractivity contribution < 1.29 is 14.7 Å². The van der Waals surface area contributed by atoms with Gasteiger partial charge in [-0.05, 0) is 27.4 Å². The van der Waals surface area contributed by atoms with Crippen molar-refractivity contribution in [3.63, 3.8) is 0 Å². The van der Waals surface area contributed by atoms with Crippen LogP contribution in [0.15, 0.2) is 0 Å². The first kappa shape index (κ1) is 14.7. The van der Waals surface area contributed by atoms with Crippen LogP contribution in [0.2, 0.25) is 0 Å². The van der Waals surface area contributed by atoms with Crippen LogP contribution < -0.4 is 10.6 Å². The fraction of sp³-hybridized carbons (Fsp3) is 0.800. The van der Waals surface area contributed by atoms with Gasteiger partial charge in [0.05, 0.1) is 0 Å². The molecular weight excluding hydrogens is 210 g/mol. The average Bonchev–Trinajstić information content (AvgIpc) is 2.21. The second kappa shape index (κ2) is 7.05. The van der Waals surface area contributed by atoms with Crippen molar-refractivity contribution in [1.29, 1.82) is 0 Å². The molecule has 0 saturated carbocycles. The lowest BCUT2D eigenvalue weighted by Crippen LogP contribution is -2.48. The van der Waals surface area contributed by atoms with E-state index >= 15 is 0 Å². The monoisotopic (exact) mass is 231 g/mol. The van der Waals surface area contributed by atoms with Gasteiger partial charge in [-0.1, -0.05) is 6.92 Å². The normalized spacial score (nSPS) is 14.3. The van der Waals surface area contributed by atoms with Crippen molar-refractivity contribution in [2.24, 2.45) is 0 Å². The van der Waals surface area contributed by atoms with E-state index < -0.39 is 18.0 Å². The van der Waals surface area contributed by atoms with E-state index in [1.165, 1.54) is 0 Å². The second-order valence-electron chi connectivity index (χ2n) is 3.97. The van der Waals surface area contributed by atoms with Gasteiger partial charge in [0.15, 0.2) is 0 Å². The SMILES string of the molecule is CCC(NC(=O)NCC(C)N(C)C)C(=O)O. The fourth-order valence-corrected chi connectivity index (χ4v) is 0.971. The Morgan fingerprint density at radius 2 is 1.94 bits per heavy atom. The van der Waals surface area contributed by atoms with E-state index in [-0.39, 0.29) is 6.04 Å². The lowest BCUT2D eigenvalue weighted by molar-refractivity contribution is -0.139. The van der Waals surface area contributed by atoms with Crippen LogP contribution >= 0.6 is 0 Å². The molecule has 0 aliphatic heterocycles. The molecule has 0 bridgehead atoms. The van der Waals surface area contributed by atoms with Gasteiger partial charge in [-0.15, -0.1) is 0 Å². The molecule has 0 saturated heterocycles. The summed E-state index contributed by atoms with van der Waals surface area (Å²) in [4.78, 5) is 24.0. The van der Waals surface area contributed by atoms with Gasteiger partial charge in [0.1, 0.15) is 6.04 Å². The number of rotatable bonds is 6. The van der Waals surface area contributed by atoms with Crippen LogP contribution in [0.4, 0.5) is 4.79 Å². The summed E-state index contributed by atoms with van der Waals surface area (Å²) < 4.78 is 0. The van der Waals surface area contributed by atoms with E-state index in [4.69, 9.17) is 5.11 Å². The number of nitrogens with zero attached hydrogens (tertiary/aromatic N) is 1. The lowest BCUT2D eigenvalue weighted by Gasteiger charge is -2.20. The minimum Gasteiger partial charge on any atom is -0.480 e. The maximum atomic E-state index is 11.3. The predicted octanol–water partition coefficient (Wildman–Crippen LogP) is 0.0989. The van der Waals surface area contributed by atoms with Gasteiger partial charge >= 0.3 is 12.0 Å². The molecule has 0 spiro atoms. The van der Waals surface area contributed by atoms with Gasteiger partial charge in [0, 0.05) is 12.6 Å². The highest BCUT2D eigenvalue weighted by Gasteiger charge is 2.17. The Morgan fingerprint density at radius 3 is 2.31 bits per heavy atom. The van der Waals surface area contributed by atoms with Crippen LogP contribution in [0.25, 0.3) is 0 Å². The Bertz CT molecular complexity index is 243. The van der Waals surface area contributed by atoms with Crippen LogP contribution in [0.1, 0.15) is 20.3 Å². The number of carbonyl (C=O) groups is 2. The Hall–Kier alpha value is -1.30. The summed E-state index contributed by atoms with van der Waals surface area (Å²) in [5, 5.41) is 13.8. The highest BCUT2D eigenvalue weighted by atomic mass is 16.4. The number of amides is 2. The van der Waals surface area contributed by atoms with Crippen LogP contribution in [0, 0.1) is 0 Å². The summed E-state index contributed by atoms with van der Waals surface area (Å²) in [5.74, 6) is -1.02. The van der Waals surface area contributed by atoms with Crippen molar-refractivity contribution in [3.05, 3.63) is 0 Å². The first-order valence-electron chi connectivity index (χ1n) is 5.32. The van der Waals surface area contributed by atoms with E-state index in [1.54, 1.807) is 6.92 Å². The van der Waals surface area contributed by atoms with E-state index in [0.717, 1.165) is 0 Å². The molecule has 94 valence electrons. The van der Waals surface area contributed by atoms with Crippen LogP contribution in [-0.2, 0) is 4.79 Å².